The Hall–Kier alpha value is -3.52. The van der Waals surface area contributed by atoms with Gasteiger partial charge in [-0.05, 0) is 47.9 Å². The molecule has 1 unspecified atom stereocenters. The Morgan fingerprint density at radius 1 is 1.00 bits per heavy atom. The summed E-state index contributed by atoms with van der Waals surface area (Å²) in [5.41, 5.74) is 1.02. The highest BCUT2D eigenvalue weighted by Gasteiger charge is 2.46. The molecule has 1 N–H and O–H groups in total. The minimum absolute atomic E-state index is 0.00578. The molecule has 3 rings (SSSR count). The molecule has 1 amide bonds. The number of likely N-dealkylation sites (tertiary alicyclic amines) is 1. The SMILES string of the molecule is COCCN1C(=O)C(=O)/C(=C(\O)c2ccc(OC)cc2)C1c1ccc(OC)c(OCC(C)C)c1. The summed E-state index contributed by atoms with van der Waals surface area (Å²) < 4.78 is 21.7. The Bertz CT molecular complexity index is 1060. The van der Waals surface area contributed by atoms with Crippen molar-refractivity contribution in [2.24, 2.45) is 5.92 Å². The van der Waals surface area contributed by atoms with Crippen molar-refractivity contribution >= 4 is 17.4 Å². The topological polar surface area (TPSA) is 94.5 Å². The summed E-state index contributed by atoms with van der Waals surface area (Å²) in [6.45, 7) is 4.95. The first-order valence-electron chi connectivity index (χ1n) is 11.0. The molecule has 1 aliphatic rings. The fourth-order valence-electron chi connectivity index (χ4n) is 3.78. The molecule has 0 bridgehead atoms. The van der Waals surface area contributed by atoms with Crippen molar-refractivity contribution < 1.29 is 33.6 Å². The van der Waals surface area contributed by atoms with Crippen LogP contribution in [0.25, 0.3) is 5.76 Å². The van der Waals surface area contributed by atoms with E-state index >= 15 is 0 Å². The van der Waals surface area contributed by atoms with Gasteiger partial charge in [-0.15, -0.1) is 0 Å². The summed E-state index contributed by atoms with van der Waals surface area (Å²) in [5, 5.41) is 11.1. The lowest BCUT2D eigenvalue weighted by atomic mass is 9.95. The molecule has 182 valence electrons. The lowest BCUT2D eigenvalue weighted by Gasteiger charge is -2.26. The van der Waals surface area contributed by atoms with Gasteiger partial charge in [-0.25, -0.2) is 0 Å². The standard InChI is InChI=1S/C26H31NO7/c1-16(2)15-34-21-14-18(8-11-20(21)33-5)23-22(25(29)26(30)27(23)12-13-31-3)24(28)17-6-9-19(32-4)10-7-17/h6-11,14,16,23,28H,12-13,15H2,1-5H3/b24-22-. The van der Waals surface area contributed by atoms with Crippen molar-refractivity contribution in [3.63, 3.8) is 0 Å². The number of amides is 1. The average molecular weight is 470 g/mol. The molecule has 0 spiro atoms. The minimum Gasteiger partial charge on any atom is -0.507 e. The number of ether oxygens (including phenoxy) is 4. The first-order valence-corrected chi connectivity index (χ1v) is 11.0. The van der Waals surface area contributed by atoms with Gasteiger partial charge in [0.2, 0.25) is 0 Å². The highest BCUT2D eigenvalue weighted by atomic mass is 16.5. The lowest BCUT2D eigenvalue weighted by Crippen LogP contribution is -2.32. The molecule has 34 heavy (non-hydrogen) atoms. The van der Waals surface area contributed by atoms with E-state index in [1.54, 1.807) is 56.7 Å². The molecule has 2 aromatic carbocycles. The van der Waals surface area contributed by atoms with Crippen LogP contribution in [-0.4, -0.2) is 62.8 Å². The predicted octanol–water partition coefficient (Wildman–Crippen LogP) is 3.81. The summed E-state index contributed by atoms with van der Waals surface area (Å²) in [7, 11) is 4.61. The molecule has 1 fully saturated rings. The van der Waals surface area contributed by atoms with E-state index in [0.717, 1.165) is 0 Å². The first kappa shape index (κ1) is 25.1. The van der Waals surface area contributed by atoms with Crippen LogP contribution in [0, 0.1) is 5.92 Å². The van der Waals surface area contributed by atoms with Crippen LogP contribution in [0.3, 0.4) is 0 Å². The van der Waals surface area contributed by atoms with Crippen LogP contribution in [0.5, 0.6) is 17.2 Å². The van der Waals surface area contributed by atoms with E-state index in [1.807, 2.05) is 13.8 Å². The predicted molar refractivity (Wildman–Crippen MR) is 127 cm³/mol. The summed E-state index contributed by atoms with van der Waals surface area (Å²) >= 11 is 0. The van der Waals surface area contributed by atoms with Crippen LogP contribution in [0.15, 0.2) is 48.0 Å². The maximum absolute atomic E-state index is 13.1. The molecule has 0 aromatic heterocycles. The Labute approximate surface area is 199 Å². The van der Waals surface area contributed by atoms with Gasteiger partial charge in [-0.2, -0.15) is 0 Å². The van der Waals surface area contributed by atoms with Crippen molar-refractivity contribution in [3.8, 4) is 17.2 Å². The van der Waals surface area contributed by atoms with E-state index in [0.29, 0.717) is 35.0 Å². The zero-order valence-corrected chi connectivity index (χ0v) is 20.2. The summed E-state index contributed by atoms with van der Waals surface area (Å²) in [6, 6.07) is 11.1. The number of ketones is 1. The molecule has 0 saturated carbocycles. The van der Waals surface area contributed by atoms with E-state index in [1.165, 1.54) is 12.0 Å². The number of carbonyl (C=O) groups excluding carboxylic acids is 2. The third kappa shape index (κ3) is 5.17. The number of nitrogens with zero attached hydrogens (tertiary/aromatic N) is 1. The van der Waals surface area contributed by atoms with Gasteiger partial charge < -0.3 is 29.0 Å². The number of Topliss-reactive ketones (excluding diaryl/α,β-unsaturated/α-hetero) is 1. The van der Waals surface area contributed by atoms with Gasteiger partial charge in [0.15, 0.2) is 11.5 Å². The fraction of sp³-hybridized carbons (Fsp3) is 0.385. The van der Waals surface area contributed by atoms with Crippen molar-refractivity contribution in [2.45, 2.75) is 19.9 Å². The third-order valence-electron chi connectivity index (χ3n) is 5.52. The molecule has 8 heteroatoms. The lowest BCUT2D eigenvalue weighted by molar-refractivity contribution is -0.140. The Balaban J connectivity index is 2.14. The summed E-state index contributed by atoms with van der Waals surface area (Å²) in [4.78, 5) is 27.5. The van der Waals surface area contributed by atoms with Gasteiger partial charge in [-0.3, -0.25) is 9.59 Å². The van der Waals surface area contributed by atoms with Crippen LogP contribution in [0.2, 0.25) is 0 Å². The number of aliphatic hydroxyl groups is 1. The molecule has 1 aliphatic heterocycles. The molecular formula is C26H31NO7. The van der Waals surface area contributed by atoms with E-state index in [-0.39, 0.29) is 30.4 Å². The normalized spacial score (nSPS) is 17.4. The highest BCUT2D eigenvalue weighted by Crippen LogP contribution is 2.42. The van der Waals surface area contributed by atoms with Crippen LogP contribution >= 0.6 is 0 Å². The van der Waals surface area contributed by atoms with Crippen LogP contribution < -0.4 is 14.2 Å². The molecule has 2 aromatic rings. The Morgan fingerprint density at radius 3 is 2.29 bits per heavy atom. The van der Waals surface area contributed by atoms with Gasteiger partial charge in [0, 0.05) is 19.2 Å². The second kappa shape index (κ2) is 11.1. The number of rotatable bonds is 10. The van der Waals surface area contributed by atoms with Crippen molar-refractivity contribution in [1.82, 2.24) is 4.90 Å². The molecule has 8 nitrogen and oxygen atoms in total. The minimum atomic E-state index is -0.815. The quantitative estimate of drug-likeness (QED) is 0.321. The van der Waals surface area contributed by atoms with E-state index in [9.17, 15) is 14.7 Å². The molecule has 0 radical (unpaired) electrons. The van der Waals surface area contributed by atoms with Gasteiger partial charge >= 0.3 is 0 Å². The third-order valence-corrected chi connectivity index (χ3v) is 5.52. The van der Waals surface area contributed by atoms with E-state index in [2.05, 4.69) is 0 Å². The van der Waals surface area contributed by atoms with Crippen molar-refractivity contribution in [3.05, 3.63) is 59.2 Å². The van der Waals surface area contributed by atoms with Crippen LogP contribution in [-0.2, 0) is 14.3 Å². The van der Waals surface area contributed by atoms with Crippen molar-refractivity contribution in [1.29, 1.82) is 0 Å². The Kier molecular flexibility index (Phi) is 8.17. The van der Waals surface area contributed by atoms with Crippen molar-refractivity contribution in [2.75, 3.05) is 41.1 Å². The second-order valence-electron chi connectivity index (χ2n) is 8.33. The largest absolute Gasteiger partial charge is 0.507 e. The monoisotopic (exact) mass is 469 g/mol. The number of aliphatic hydroxyl groups excluding tert-OH is 1. The molecular weight excluding hydrogens is 438 g/mol. The summed E-state index contributed by atoms with van der Waals surface area (Å²) in [6.07, 6.45) is 0. The van der Waals surface area contributed by atoms with E-state index < -0.39 is 17.7 Å². The molecule has 1 heterocycles. The highest BCUT2D eigenvalue weighted by molar-refractivity contribution is 6.46. The van der Waals surface area contributed by atoms with Gasteiger partial charge in [0.25, 0.3) is 11.7 Å². The van der Waals surface area contributed by atoms with E-state index in [4.69, 9.17) is 18.9 Å². The number of hydrogen-bond donors (Lipinski definition) is 1. The maximum atomic E-state index is 13.1. The average Bonchev–Trinajstić information content (AvgIpc) is 3.10. The fourth-order valence-corrected chi connectivity index (χ4v) is 3.78. The molecule has 0 aliphatic carbocycles. The summed E-state index contributed by atoms with van der Waals surface area (Å²) in [5.74, 6) is 0.217. The van der Waals surface area contributed by atoms with Crippen LogP contribution in [0.4, 0.5) is 0 Å². The molecule has 1 atom stereocenters. The number of methoxy groups -OCH3 is 3. The number of carbonyl (C=O) groups is 2. The maximum Gasteiger partial charge on any atom is 0.295 e. The zero-order valence-electron chi connectivity index (χ0n) is 20.2. The number of benzene rings is 2. The number of hydrogen-bond acceptors (Lipinski definition) is 7. The van der Waals surface area contributed by atoms with Gasteiger partial charge in [0.05, 0.1) is 39.0 Å². The first-order chi connectivity index (χ1) is 16.3. The van der Waals surface area contributed by atoms with Gasteiger partial charge in [-0.1, -0.05) is 19.9 Å². The smallest absolute Gasteiger partial charge is 0.295 e. The molecule has 1 saturated heterocycles. The Morgan fingerprint density at radius 2 is 1.71 bits per heavy atom. The second-order valence-corrected chi connectivity index (χ2v) is 8.33. The van der Waals surface area contributed by atoms with Gasteiger partial charge in [0.1, 0.15) is 11.5 Å². The van der Waals surface area contributed by atoms with Crippen LogP contribution in [0.1, 0.15) is 31.0 Å². The zero-order chi connectivity index (χ0) is 24.8.